The lowest BCUT2D eigenvalue weighted by molar-refractivity contribution is -0.157. The third kappa shape index (κ3) is 3.98. The molecule has 5 atom stereocenters. The lowest BCUT2D eigenvalue weighted by Crippen LogP contribution is -2.58. The fourth-order valence-electron chi connectivity index (χ4n) is 5.50. The third-order valence-electron chi connectivity index (χ3n) is 7.08. The molecule has 1 saturated heterocycles. The Bertz CT molecular complexity index is 1220. The van der Waals surface area contributed by atoms with Crippen LogP contribution in [0.2, 0.25) is 10.0 Å². The van der Waals surface area contributed by atoms with Crippen LogP contribution in [-0.2, 0) is 9.59 Å². The summed E-state index contributed by atoms with van der Waals surface area (Å²) in [6, 6.07) is 11.3. The number of ketones is 1. The number of rotatable bonds is 7. The zero-order valence-electron chi connectivity index (χ0n) is 18.4. The van der Waals surface area contributed by atoms with Crippen molar-refractivity contribution in [1.29, 1.82) is 0 Å². The number of alkyl halides is 1. The number of hydrogen-bond donors (Lipinski definition) is 0. The van der Waals surface area contributed by atoms with Crippen LogP contribution in [0.1, 0.15) is 33.6 Å². The molecule has 9 heteroatoms. The van der Waals surface area contributed by atoms with Crippen molar-refractivity contribution in [1.82, 2.24) is 10.0 Å². The van der Waals surface area contributed by atoms with E-state index in [1.807, 2.05) is 12.2 Å². The molecule has 3 aliphatic rings. The van der Waals surface area contributed by atoms with Gasteiger partial charge in [-0.15, -0.1) is 11.6 Å². The summed E-state index contributed by atoms with van der Waals surface area (Å²) < 4.78 is 0. The highest BCUT2D eigenvalue weighted by Crippen LogP contribution is 2.53. The summed E-state index contributed by atoms with van der Waals surface area (Å²) in [5.74, 6) is -3.28. The first-order chi connectivity index (χ1) is 16.8. The van der Waals surface area contributed by atoms with Crippen LogP contribution in [0, 0.1) is 23.7 Å². The van der Waals surface area contributed by atoms with Gasteiger partial charge in [0.15, 0.2) is 5.78 Å². The van der Waals surface area contributed by atoms with Gasteiger partial charge in [-0.05, 0) is 61.1 Å². The van der Waals surface area contributed by atoms with Gasteiger partial charge < -0.3 is 0 Å². The minimum atomic E-state index is -1.20. The van der Waals surface area contributed by atoms with Crippen molar-refractivity contribution < 1.29 is 19.2 Å². The third-order valence-corrected chi connectivity index (χ3v) is 7.88. The number of hydrogen-bond acceptors (Lipinski definition) is 4. The molecular formula is C26H21Cl3N2O4. The van der Waals surface area contributed by atoms with Crippen LogP contribution in [0.15, 0.2) is 60.7 Å². The highest BCUT2D eigenvalue weighted by Gasteiger charge is 2.62. The normalized spacial score (nSPS) is 25.2. The lowest BCUT2D eigenvalue weighted by atomic mass is 9.85. The molecule has 0 unspecified atom stereocenters. The van der Waals surface area contributed by atoms with Crippen LogP contribution >= 0.6 is 34.8 Å². The van der Waals surface area contributed by atoms with Gasteiger partial charge in [-0.3, -0.25) is 19.2 Å². The van der Waals surface area contributed by atoms with Crippen LogP contribution in [0.4, 0.5) is 0 Å². The molecular weight excluding hydrogens is 511 g/mol. The number of amides is 3. The van der Waals surface area contributed by atoms with Gasteiger partial charge in [0.25, 0.3) is 17.7 Å². The van der Waals surface area contributed by atoms with E-state index in [0.29, 0.717) is 5.02 Å². The average Bonchev–Trinajstić information content (AvgIpc) is 3.54. The molecule has 35 heavy (non-hydrogen) atoms. The molecule has 2 aromatic rings. The van der Waals surface area contributed by atoms with E-state index in [-0.39, 0.29) is 40.3 Å². The number of fused-ring (bicyclic) bond motifs is 5. The van der Waals surface area contributed by atoms with Crippen LogP contribution in [-0.4, -0.2) is 45.4 Å². The van der Waals surface area contributed by atoms with E-state index in [2.05, 4.69) is 0 Å². The summed E-state index contributed by atoms with van der Waals surface area (Å²) in [6.07, 6.45) is 4.70. The van der Waals surface area contributed by atoms with E-state index in [0.717, 1.165) is 16.4 Å². The van der Waals surface area contributed by atoms with Crippen molar-refractivity contribution in [2.24, 2.45) is 23.7 Å². The number of carbonyl (C=O) groups excluding carboxylic acids is 4. The van der Waals surface area contributed by atoms with E-state index in [1.54, 1.807) is 24.3 Å². The first kappa shape index (κ1) is 24.0. The van der Waals surface area contributed by atoms with Crippen molar-refractivity contribution in [3.05, 3.63) is 81.9 Å². The lowest BCUT2D eigenvalue weighted by Gasteiger charge is -2.37. The number of Topliss-reactive ketones (excluding diaryl/α,β-unsaturated/α-hetero) is 1. The smallest absolute Gasteiger partial charge is 0.275 e. The summed E-state index contributed by atoms with van der Waals surface area (Å²) in [4.78, 5) is 54.9. The number of imide groups is 1. The number of allylic oxidation sites excluding steroid dienone is 2. The van der Waals surface area contributed by atoms with Crippen molar-refractivity contribution in [3.8, 4) is 0 Å². The molecule has 0 spiro atoms. The SMILES string of the molecule is O=C(c1ccc(Cl)cc1)[C@H](CCCl)N(C(=O)c1ccccc1Cl)N1C(=O)[C@@H]2[C@H](C1=O)[C@H]1C=C[C@H]2C1. The van der Waals surface area contributed by atoms with Gasteiger partial charge in [0.1, 0.15) is 6.04 Å². The number of benzene rings is 2. The van der Waals surface area contributed by atoms with Crippen LogP contribution < -0.4 is 0 Å². The van der Waals surface area contributed by atoms with Crippen molar-refractivity contribution in [2.45, 2.75) is 18.9 Å². The van der Waals surface area contributed by atoms with Crippen molar-refractivity contribution in [3.63, 3.8) is 0 Å². The van der Waals surface area contributed by atoms with Gasteiger partial charge in [0, 0.05) is 16.5 Å². The zero-order chi connectivity index (χ0) is 24.9. The predicted molar refractivity (Wildman–Crippen MR) is 132 cm³/mol. The van der Waals surface area contributed by atoms with Gasteiger partial charge in [-0.1, -0.05) is 47.5 Å². The standard InChI is InChI=1S/C26H21Cl3N2O4/c27-12-11-20(23(32)14-7-9-17(28)10-8-14)30(24(33)18-3-1-2-4-19(18)29)31-25(34)21-15-5-6-16(13-15)22(21)26(31)35/h1-10,15-16,20-22H,11-13H2/t15-,16-,20-,21-,22+/m0/s1. The monoisotopic (exact) mass is 530 g/mol. The first-order valence-corrected chi connectivity index (χ1v) is 12.6. The summed E-state index contributed by atoms with van der Waals surface area (Å²) in [5.41, 5.74) is 0.360. The molecule has 0 aromatic heterocycles. The van der Waals surface area contributed by atoms with Crippen LogP contribution in [0.3, 0.4) is 0 Å². The van der Waals surface area contributed by atoms with Crippen molar-refractivity contribution in [2.75, 3.05) is 5.88 Å². The van der Waals surface area contributed by atoms with Gasteiger partial charge >= 0.3 is 0 Å². The fourth-order valence-corrected chi connectivity index (χ4v) is 6.05. The van der Waals surface area contributed by atoms with Gasteiger partial charge in [-0.25, -0.2) is 5.01 Å². The Kier molecular flexibility index (Phi) is 6.47. The molecule has 2 aliphatic carbocycles. The Labute approximate surface area is 217 Å². The molecule has 0 N–H and O–H groups in total. The molecule has 3 amide bonds. The number of halogens is 3. The van der Waals surface area contributed by atoms with E-state index in [4.69, 9.17) is 34.8 Å². The largest absolute Gasteiger partial charge is 0.292 e. The molecule has 2 bridgehead atoms. The van der Waals surface area contributed by atoms with E-state index < -0.39 is 41.4 Å². The summed E-state index contributed by atoms with van der Waals surface area (Å²) in [7, 11) is 0. The Morgan fingerprint density at radius 2 is 1.54 bits per heavy atom. The number of nitrogens with zero attached hydrogens (tertiary/aromatic N) is 2. The highest BCUT2D eigenvalue weighted by atomic mass is 35.5. The van der Waals surface area contributed by atoms with Gasteiger partial charge in [0.05, 0.1) is 22.4 Å². The molecule has 6 nitrogen and oxygen atoms in total. The Morgan fingerprint density at radius 3 is 2.11 bits per heavy atom. The minimum absolute atomic E-state index is 0.0200. The first-order valence-electron chi connectivity index (χ1n) is 11.3. The highest BCUT2D eigenvalue weighted by molar-refractivity contribution is 6.34. The quantitative estimate of drug-likeness (QED) is 0.217. The predicted octanol–water partition coefficient (Wildman–Crippen LogP) is 5.04. The maximum atomic E-state index is 13.9. The van der Waals surface area contributed by atoms with E-state index >= 15 is 0 Å². The van der Waals surface area contributed by atoms with Crippen molar-refractivity contribution >= 4 is 58.3 Å². The Balaban J connectivity index is 1.60. The molecule has 2 aromatic carbocycles. The zero-order valence-corrected chi connectivity index (χ0v) is 20.7. The molecule has 1 heterocycles. The topological polar surface area (TPSA) is 74.8 Å². The Hall–Kier alpha value is -2.67. The molecule has 2 fully saturated rings. The molecule has 180 valence electrons. The van der Waals surface area contributed by atoms with Gasteiger partial charge in [-0.2, -0.15) is 5.01 Å². The Morgan fingerprint density at radius 1 is 0.943 bits per heavy atom. The number of hydrazine groups is 1. The molecule has 1 aliphatic heterocycles. The maximum absolute atomic E-state index is 13.9. The maximum Gasteiger partial charge on any atom is 0.275 e. The van der Waals surface area contributed by atoms with Crippen LogP contribution in [0.25, 0.3) is 0 Å². The second kappa shape index (κ2) is 9.41. The minimum Gasteiger partial charge on any atom is -0.292 e. The summed E-state index contributed by atoms with van der Waals surface area (Å²) >= 11 is 18.4. The number of carbonyl (C=O) groups is 4. The molecule has 1 saturated carbocycles. The second-order valence-electron chi connectivity index (χ2n) is 8.98. The summed E-state index contributed by atoms with van der Waals surface area (Å²) in [5, 5.41) is 2.47. The molecule has 0 radical (unpaired) electrons. The second-order valence-corrected chi connectivity index (χ2v) is 10.2. The van der Waals surface area contributed by atoms with Crippen LogP contribution in [0.5, 0.6) is 0 Å². The molecule has 5 rings (SSSR count). The average molecular weight is 532 g/mol. The summed E-state index contributed by atoms with van der Waals surface area (Å²) in [6.45, 7) is 0. The fraction of sp³-hybridized carbons (Fsp3) is 0.308. The van der Waals surface area contributed by atoms with Gasteiger partial charge in [0.2, 0.25) is 0 Å². The van der Waals surface area contributed by atoms with E-state index in [9.17, 15) is 19.2 Å². The van der Waals surface area contributed by atoms with E-state index in [1.165, 1.54) is 24.3 Å².